The number of aromatic nitrogens is 4. The molecule has 0 radical (unpaired) electrons. The molecule has 0 aliphatic carbocycles. The lowest BCUT2D eigenvalue weighted by Gasteiger charge is -2.30. The number of carbonyl (C=O) groups is 1. The summed E-state index contributed by atoms with van der Waals surface area (Å²) in [6.07, 6.45) is 0.527. The Morgan fingerprint density at radius 2 is 1.89 bits per heavy atom. The number of rotatable bonds is 5. The second-order valence-electron chi connectivity index (χ2n) is 8.75. The molecule has 0 saturated carbocycles. The predicted molar refractivity (Wildman–Crippen MR) is 134 cm³/mol. The normalized spacial score (nSPS) is 14.0. The van der Waals surface area contributed by atoms with Gasteiger partial charge in [0.05, 0.1) is 17.4 Å². The van der Waals surface area contributed by atoms with E-state index in [0.29, 0.717) is 43.2 Å². The number of amides is 1. The molecule has 11 heteroatoms. The molecule has 5 rings (SSSR count). The van der Waals surface area contributed by atoms with Gasteiger partial charge in [-0.15, -0.1) is 5.10 Å². The van der Waals surface area contributed by atoms with Gasteiger partial charge in [0.25, 0.3) is 5.91 Å². The molecule has 1 aliphatic heterocycles. The fourth-order valence-electron chi connectivity index (χ4n) is 4.18. The van der Waals surface area contributed by atoms with Crippen molar-refractivity contribution in [2.24, 2.45) is 0 Å². The van der Waals surface area contributed by atoms with Gasteiger partial charge in [0.1, 0.15) is 5.69 Å². The van der Waals surface area contributed by atoms with E-state index in [0.717, 1.165) is 23.3 Å². The Labute approximate surface area is 211 Å². The SMILES string of the molecule is Cc1ccc(C(=O)Nc2cc(N3CCNCC3)cc(C(F)(F)F)c2)cc1-n1cc(-c2cccnc2)nn1. The molecule has 2 aromatic heterocycles. The molecule has 8 nitrogen and oxygen atoms in total. The molecule has 0 unspecified atom stereocenters. The van der Waals surface area contributed by atoms with E-state index in [2.05, 4.69) is 25.9 Å². The number of aryl methyl sites for hydroxylation is 1. The van der Waals surface area contributed by atoms with Gasteiger partial charge >= 0.3 is 6.18 Å². The van der Waals surface area contributed by atoms with Crippen LogP contribution in [0.4, 0.5) is 24.5 Å². The number of nitrogens with one attached hydrogen (secondary N) is 2. The zero-order valence-electron chi connectivity index (χ0n) is 20.0. The third-order valence-corrected chi connectivity index (χ3v) is 6.15. The molecule has 190 valence electrons. The lowest BCUT2D eigenvalue weighted by atomic mass is 10.1. The number of halogens is 3. The van der Waals surface area contributed by atoms with E-state index >= 15 is 0 Å². The third-order valence-electron chi connectivity index (χ3n) is 6.15. The first-order chi connectivity index (χ1) is 17.8. The lowest BCUT2D eigenvalue weighted by molar-refractivity contribution is -0.137. The molecular formula is C26H24F3N7O. The summed E-state index contributed by atoms with van der Waals surface area (Å²) < 4.78 is 42.4. The van der Waals surface area contributed by atoms with Gasteiger partial charge in [-0.1, -0.05) is 11.3 Å². The number of anilines is 2. The van der Waals surface area contributed by atoms with Gasteiger partial charge in [-0.25, -0.2) is 4.68 Å². The average molecular weight is 508 g/mol. The number of piperazine rings is 1. The molecule has 1 saturated heterocycles. The van der Waals surface area contributed by atoms with Crippen LogP contribution in [0.1, 0.15) is 21.5 Å². The summed E-state index contributed by atoms with van der Waals surface area (Å²) in [6.45, 7) is 4.38. The van der Waals surface area contributed by atoms with Crippen molar-refractivity contribution in [3.8, 4) is 16.9 Å². The molecule has 0 spiro atoms. The maximum atomic E-state index is 13.6. The predicted octanol–water partition coefficient (Wildman–Crippen LogP) is 4.32. The summed E-state index contributed by atoms with van der Waals surface area (Å²) in [4.78, 5) is 19.1. The minimum Gasteiger partial charge on any atom is -0.369 e. The van der Waals surface area contributed by atoms with E-state index in [1.165, 1.54) is 0 Å². The van der Waals surface area contributed by atoms with Gasteiger partial charge < -0.3 is 15.5 Å². The van der Waals surface area contributed by atoms with Crippen molar-refractivity contribution in [1.82, 2.24) is 25.3 Å². The molecule has 2 N–H and O–H groups in total. The molecule has 1 amide bonds. The fraction of sp³-hybridized carbons (Fsp3) is 0.231. The van der Waals surface area contributed by atoms with Crippen molar-refractivity contribution in [3.05, 3.63) is 83.8 Å². The zero-order chi connectivity index (χ0) is 26.0. The van der Waals surface area contributed by atoms with Crippen LogP contribution in [0.15, 0.2) is 67.1 Å². The van der Waals surface area contributed by atoms with E-state index < -0.39 is 17.6 Å². The number of carbonyl (C=O) groups excluding carboxylic acids is 1. The maximum Gasteiger partial charge on any atom is 0.416 e. The van der Waals surface area contributed by atoms with Crippen LogP contribution in [0, 0.1) is 6.92 Å². The Balaban J connectivity index is 1.42. The van der Waals surface area contributed by atoms with Gasteiger partial charge in [-0.3, -0.25) is 9.78 Å². The Kier molecular flexibility index (Phi) is 6.62. The molecule has 0 atom stereocenters. The summed E-state index contributed by atoms with van der Waals surface area (Å²) in [5.74, 6) is -0.528. The van der Waals surface area contributed by atoms with Crippen molar-refractivity contribution >= 4 is 17.3 Å². The molecule has 1 fully saturated rings. The number of alkyl halides is 3. The Hall–Kier alpha value is -4.25. The van der Waals surface area contributed by atoms with E-state index in [4.69, 9.17) is 0 Å². The van der Waals surface area contributed by atoms with Crippen LogP contribution in [-0.4, -0.2) is 52.1 Å². The standard InChI is InChI=1S/C26H24F3N7O/c1-17-4-5-18(11-24(17)36-16-23(33-34-36)19-3-2-6-31-15-19)25(37)32-21-12-20(26(27,28)29)13-22(14-21)35-9-7-30-8-10-35/h2-6,11-16,30H,7-10H2,1H3,(H,32,37). The molecular weight excluding hydrogens is 483 g/mol. The molecule has 4 aromatic rings. The van der Waals surface area contributed by atoms with Gasteiger partial charge in [-0.05, 0) is 55.0 Å². The smallest absolute Gasteiger partial charge is 0.369 e. The summed E-state index contributed by atoms with van der Waals surface area (Å²) in [7, 11) is 0. The van der Waals surface area contributed by atoms with Gasteiger partial charge in [0.2, 0.25) is 0 Å². The van der Waals surface area contributed by atoms with Crippen molar-refractivity contribution in [3.63, 3.8) is 0 Å². The monoisotopic (exact) mass is 507 g/mol. The quantitative estimate of drug-likeness (QED) is 0.419. The van der Waals surface area contributed by atoms with Crippen LogP contribution in [0.5, 0.6) is 0 Å². The molecule has 3 heterocycles. The highest BCUT2D eigenvalue weighted by Gasteiger charge is 2.32. The van der Waals surface area contributed by atoms with Crippen molar-refractivity contribution in [2.75, 3.05) is 36.4 Å². The van der Waals surface area contributed by atoms with Gasteiger partial charge in [0.15, 0.2) is 0 Å². The van der Waals surface area contributed by atoms with E-state index in [9.17, 15) is 18.0 Å². The number of hydrogen-bond acceptors (Lipinski definition) is 6. The van der Waals surface area contributed by atoms with Gasteiger partial charge in [0, 0.05) is 61.1 Å². The average Bonchev–Trinajstić information content (AvgIpc) is 3.39. The first-order valence-corrected chi connectivity index (χ1v) is 11.7. The van der Waals surface area contributed by atoms with Crippen LogP contribution in [0.2, 0.25) is 0 Å². The molecule has 37 heavy (non-hydrogen) atoms. The zero-order valence-corrected chi connectivity index (χ0v) is 20.0. The maximum absolute atomic E-state index is 13.6. The molecule has 2 aromatic carbocycles. The Morgan fingerprint density at radius 3 is 2.62 bits per heavy atom. The molecule has 0 bridgehead atoms. The minimum absolute atomic E-state index is 0.0788. The molecule has 1 aliphatic rings. The first kappa shape index (κ1) is 24.4. The second kappa shape index (κ2) is 10.0. The number of hydrogen-bond donors (Lipinski definition) is 2. The van der Waals surface area contributed by atoms with Crippen molar-refractivity contribution in [1.29, 1.82) is 0 Å². The van der Waals surface area contributed by atoms with Crippen LogP contribution in [-0.2, 0) is 6.18 Å². The van der Waals surface area contributed by atoms with Gasteiger partial charge in [-0.2, -0.15) is 13.2 Å². The van der Waals surface area contributed by atoms with Crippen LogP contribution in [0.25, 0.3) is 16.9 Å². The summed E-state index contributed by atoms with van der Waals surface area (Å²) in [5, 5.41) is 14.2. The van der Waals surface area contributed by atoms with E-state index in [-0.39, 0.29) is 11.3 Å². The van der Waals surface area contributed by atoms with Crippen LogP contribution < -0.4 is 15.5 Å². The number of nitrogens with zero attached hydrogens (tertiary/aromatic N) is 5. The third kappa shape index (κ3) is 5.46. The topological polar surface area (TPSA) is 88.0 Å². The first-order valence-electron chi connectivity index (χ1n) is 11.7. The summed E-state index contributed by atoms with van der Waals surface area (Å²) in [5.41, 5.74) is 2.85. The number of pyridine rings is 1. The Bertz CT molecular complexity index is 1410. The fourth-order valence-corrected chi connectivity index (χ4v) is 4.18. The highest BCUT2D eigenvalue weighted by atomic mass is 19.4. The second-order valence-corrected chi connectivity index (χ2v) is 8.75. The van der Waals surface area contributed by atoms with E-state index in [1.807, 2.05) is 17.9 Å². The van der Waals surface area contributed by atoms with Crippen molar-refractivity contribution < 1.29 is 18.0 Å². The Morgan fingerprint density at radius 1 is 1.08 bits per heavy atom. The highest BCUT2D eigenvalue weighted by Crippen LogP contribution is 2.35. The van der Waals surface area contributed by atoms with E-state index in [1.54, 1.807) is 53.6 Å². The lowest BCUT2D eigenvalue weighted by Crippen LogP contribution is -2.43. The highest BCUT2D eigenvalue weighted by molar-refractivity contribution is 6.05. The van der Waals surface area contributed by atoms with Crippen LogP contribution in [0.3, 0.4) is 0 Å². The summed E-state index contributed by atoms with van der Waals surface area (Å²) >= 11 is 0. The largest absolute Gasteiger partial charge is 0.416 e. The number of benzene rings is 2. The minimum atomic E-state index is -4.54. The van der Waals surface area contributed by atoms with Crippen molar-refractivity contribution in [2.45, 2.75) is 13.1 Å². The summed E-state index contributed by atoms with van der Waals surface area (Å²) in [6, 6.07) is 12.3. The van der Waals surface area contributed by atoms with Crippen LogP contribution >= 0.6 is 0 Å².